The molecule has 0 fully saturated rings. The summed E-state index contributed by atoms with van der Waals surface area (Å²) in [5.74, 6) is 0.503. The van der Waals surface area contributed by atoms with Crippen LogP contribution in [0.4, 0.5) is 0 Å². The van der Waals surface area contributed by atoms with Gasteiger partial charge in [-0.25, -0.2) is 0 Å². The Morgan fingerprint density at radius 3 is 2.80 bits per heavy atom. The van der Waals surface area contributed by atoms with Crippen LogP contribution in [-0.4, -0.2) is 38.0 Å². The summed E-state index contributed by atoms with van der Waals surface area (Å²) in [4.78, 5) is 15.6. The van der Waals surface area contributed by atoms with E-state index < -0.39 is 0 Å². The number of phenols is 1. The third-order valence-electron chi connectivity index (χ3n) is 3.00. The Morgan fingerprint density at radius 1 is 1.30 bits per heavy atom. The number of hydrogen-bond acceptors (Lipinski definition) is 4. The Balaban J connectivity index is 2.24. The summed E-state index contributed by atoms with van der Waals surface area (Å²) in [6.45, 7) is 0. The van der Waals surface area contributed by atoms with Gasteiger partial charge in [0.1, 0.15) is 0 Å². The van der Waals surface area contributed by atoms with Crippen molar-refractivity contribution in [3.05, 3.63) is 42.0 Å². The van der Waals surface area contributed by atoms with Crippen molar-refractivity contribution in [2.24, 2.45) is 0 Å². The van der Waals surface area contributed by atoms with Crippen molar-refractivity contribution in [2.75, 3.05) is 7.11 Å². The van der Waals surface area contributed by atoms with Gasteiger partial charge in [0.05, 0.1) is 0 Å². The number of ether oxygens (including phenoxy) is 1. The van der Waals surface area contributed by atoms with Gasteiger partial charge in [0.15, 0.2) is 0 Å². The number of para-hydroxylation sites is 1. The number of phenolic OH excluding ortho intramolecular Hbond substituents is 1. The fourth-order valence-corrected chi connectivity index (χ4v) is 4.05. The average molecular weight is 332 g/mol. The van der Waals surface area contributed by atoms with Gasteiger partial charge in [-0.2, -0.15) is 0 Å². The van der Waals surface area contributed by atoms with Gasteiger partial charge in [-0.3, -0.25) is 0 Å². The first-order valence-corrected chi connectivity index (χ1v) is 7.66. The SMILES string of the molecule is COc1cc(C=O)c(O)c(-c2nc3ccccc3[se]2)c1. The zero-order chi connectivity index (χ0) is 14.1. The van der Waals surface area contributed by atoms with E-state index in [-0.39, 0.29) is 25.8 Å². The van der Waals surface area contributed by atoms with Gasteiger partial charge in [0.25, 0.3) is 0 Å². The van der Waals surface area contributed by atoms with E-state index in [1.165, 1.54) is 17.4 Å². The molecule has 0 unspecified atom stereocenters. The van der Waals surface area contributed by atoms with Crippen LogP contribution in [0.1, 0.15) is 10.4 Å². The zero-order valence-electron chi connectivity index (χ0n) is 10.7. The molecule has 3 aromatic rings. The molecular weight excluding hydrogens is 321 g/mol. The Bertz CT molecular complexity index is 762. The number of aldehydes is 1. The second-order valence-corrected chi connectivity index (χ2v) is 6.38. The van der Waals surface area contributed by atoms with Crippen molar-refractivity contribution in [3.8, 4) is 21.6 Å². The Hall–Kier alpha value is -2.10. The Labute approximate surface area is 121 Å². The fraction of sp³-hybridized carbons (Fsp3) is 0.0667. The van der Waals surface area contributed by atoms with Gasteiger partial charge in [-0.1, -0.05) is 0 Å². The van der Waals surface area contributed by atoms with Crippen molar-refractivity contribution < 1.29 is 14.6 Å². The molecular formula is C15H11NO3Se. The molecule has 0 aliphatic heterocycles. The first kappa shape index (κ1) is 12.9. The molecule has 4 nitrogen and oxygen atoms in total. The number of fused-ring (bicyclic) bond motifs is 1. The fourth-order valence-electron chi connectivity index (χ4n) is 1.99. The van der Waals surface area contributed by atoms with Crippen molar-refractivity contribution >= 4 is 30.6 Å². The van der Waals surface area contributed by atoms with E-state index in [0.717, 1.165) is 10.1 Å². The summed E-state index contributed by atoms with van der Waals surface area (Å²) in [5.41, 5.74) is 1.72. The Kier molecular flexibility index (Phi) is 3.30. The molecule has 0 spiro atoms. The van der Waals surface area contributed by atoms with Crippen molar-refractivity contribution in [2.45, 2.75) is 0 Å². The molecule has 0 aliphatic rings. The molecule has 1 aromatic heterocycles. The van der Waals surface area contributed by atoms with Crippen LogP contribution in [0.3, 0.4) is 0 Å². The van der Waals surface area contributed by atoms with Crippen molar-refractivity contribution in [1.29, 1.82) is 0 Å². The maximum absolute atomic E-state index is 11.0. The summed E-state index contributed by atoms with van der Waals surface area (Å²) in [5, 5.41) is 10.2. The molecule has 0 bridgehead atoms. The Morgan fingerprint density at radius 2 is 2.10 bits per heavy atom. The monoisotopic (exact) mass is 333 g/mol. The van der Waals surface area contributed by atoms with Gasteiger partial charge in [-0.05, 0) is 0 Å². The molecule has 0 amide bonds. The predicted octanol–water partition coefficient (Wildman–Crippen LogP) is 2.49. The van der Waals surface area contributed by atoms with Crippen LogP contribution >= 0.6 is 0 Å². The van der Waals surface area contributed by atoms with Crippen LogP contribution in [0.5, 0.6) is 11.5 Å². The number of nitrogens with zero attached hydrogens (tertiary/aromatic N) is 1. The van der Waals surface area contributed by atoms with Gasteiger partial charge in [0, 0.05) is 0 Å². The topological polar surface area (TPSA) is 59.4 Å². The van der Waals surface area contributed by atoms with Gasteiger partial charge in [-0.15, -0.1) is 0 Å². The average Bonchev–Trinajstić information content (AvgIpc) is 2.91. The van der Waals surface area contributed by atoms with E-state index in [1.54, 1.807) is 6.07 Å². The number of hydrogen-bond donors (Lipinski definition) is 1. The molecule has 0 aliphatic carbocycles. The molecule has 100 valence electrons. The van der Waals surface area contributed by atoms with E-state index in [4.69, 9.17) is 4.74 Å². The van der Waals surface area contributed by atoms with Crippen LogP contribution in [0.15, 0.2) is 36.4 Å². The molecule has 1 N–H and O–H groups in total. The molecule has 0 atom stereocenters. The standard InChI is InChI=1S/C15H11NO3Se/c1-19-10-6-9(8-17)14(18)11(7-10)15-16-12-4-2-3-5-13(12)20-15/h2-8,18H,1H3. The van der Waals surface area contributed by atoms with Crippen molar-refractivity contribution in [3.63, 3.8) is 0 Å². The molecule has 1 heterocycles. The summed E-state index contributed by atoms with van der Waals surface area (Å²) < 4.78 is 7.15. The molecule has 0 radical (unpaired) electrons. The van der Waals surface area contributed by atoms with Gasteiger partial charge < -0.3 is 0 Å². The van der Waals surface area contributed by atoms with E-state index in [0.29, 0.717) is 17.6 Å². The molecule has 3 rings (SSSR count). The van der Waals surface area contributed by atoms with Crippen LogP contribution < -0.4 is 4.74 Å². The third kappa shape index (κ3) is 2.11. The number of carbonyl (C=O) groups excluding carboxylic acids is 1. The first-order chi connectivity index (χ1) is 9.72. The molecule has 0 saturated carbocycles. The molecule has 5 heteroatoms. The summed E-state index contributed by atoms with van der Waals surface area (Å²) in [7, 11) is 1.53. The van der Waals surface area contributed by atoms with Crippen LogP contribution in [0.2, 0.25) is 0 Å². The van der Waals surface area contributed by atoms with Crippen LogP contribution in [0.25, 0.3) is 19.9 Å². The summed E-state index contributed by atoms with van der Waals surface area (Å²) >= 11 is 0.0145. The van der Waals surface area contributed by atoms with E-state index in [9.17, 15) is 9.90 Å². The summed E-state index contributed by atoms with van der Waals surface area (Å²) in [6, 6.07) is 11.1. The number of aromatic hydroxyl groups is 1. The number of benzene rings is 2. The zero-order valence-corrected chi connectivity index (χ0v) is 12.4. The van der Waals surface area contributed by atoms with E-state index >= 15 is 0 Å². The molecule has 0 saturated heterocycles. The van der Waals surface area contributed by atoms with E-state index in [2.05, 4.69) is 4.98 Å². The first-order valence-electron chi connectivity index (χ1n) is 5.95. The number of carbonyl (C=O) groups is 1. The van der Waals surface area contributed by atoms with Gasteiger partial charge >= 0.3 is 121 Å². The van der Waals surface area contributed by atoms with Crippen LogP contribution in [-0.2, 0) is 0 Å². The minimum atomic E-state index is -0.0331. The number of rotatable bonds is 3. The predicted molar refractivity (Wildman–Crippen MR) is 77.7 cm³/mol. The van der Waals surface area contributed by atoms with Crippen molar-refractivity contribution in [1.82, 2.24) is 4.98 Å². The third-order valence-corrected chi connectivity index (χ3v) is 5.24. The second-order valence-electron chi connectivity index (χ2n) is 4.22. The summed E-state index contributed by atoms with van der Waals surface area (Å²) in [6.07, 6.45) is 0.622. The number of methoxy groups -OCH3 is 1. The molecule has 2 aromatic carbocycles. The normalized spacial score (nSPS) is 10.7. The maximum atomic E-state index is 11.0. The minimum absolute atomic E-state index is 0.0145. The molecule has 20 heavy (non-hydrogen) atoms. The van der Waals surface area contributed by atoms with E-state index in [1.807, 2.05) is 24.3 Å². The van der Waals surface area contributed by atoms with Crippen LogP contribution in [0, 0.1) is 0 Å². The second kappa shape index (κ2) is 5.12. The number of aromatic nitrogens is 1. The quantitative estimate of drug-likeness (QED) is 0.591. The van der Waals surface area contributed by atoms with Gasteiger partial charge in [0.2, 0.25) is 0 Å².